The van der Waals surface area contributed by atoms with Gasteiger partial charge in [0.15, 0.2) is 0 Å². The largest absolute Gasteiger partial charge is 0.503 e. The summed E-state index contributed by atoms with van der Waals surface area (Å²) in [6.07, 6.45) is 3.54. The number of rotatable bonds is 4. The average molecular weight is 190 g/mol. The van der Waals surface area contributed by atoms with Crippen LogP contribution in [0.25, 0.3) is 0 Å². The molecule has 80 valence electrons. The Labute approximate surface area is 80.8 Å². The molecule has 0 bridgehead atoms. The zero-order valence-electron chi connectivity index (χ0n) is 9.13. The predicted molar refractivity (Wildman–Crippen MR) is 54.3 cm³/mol. The maximum atomic E-state index is 8.56. The van der Waals surface area contributed by atoms with Crippen molar-refractivity contribution >= 4 is 6.16 Å². The van der Waals surface area contributed by atoms with Crippen molar-refractivity contribution in [2.75, 3.05) is 0 Å². The van der Waals surface area contributed by atoms with Crippen LogP contribution in [0.1, 0.15) is 53.4 Å². The molecule has 0 unspecified atom stereocenters. The Kier molecular flexibility index (Phi) is 8.97. The van der Waals surface area contributed by atoms with E-state index in [1.54, 1.807) is 0 Å². The summed E-state index contributed by atoms with van der Waals surface area (Å²) in [7, 11) is 0. The van der Waals surface area contributed by atoms with Gasteiger partial charge in [0, 0.05) is 0 Å². The molecule has 0 aliphatic heterocycles. The van der Waals surface area contributed by atoms with Crippen LogP contribution in [0.5, 0.6) is 0 Å². The molecule has 0 atom stereocenters. The number of carbonyl (C=O) groups is 1. The normalized spacial score (nSPS) is 10.2. The van der Waals surface area contributed by atoms with Crippen LogP contribution >= 0.6 is 0 Å². The van der Waals surface area contributed by atoms with Crippen LogP contribution in [0.3, 0.4) is 0 Å². The summed E-state index contributed by atoms with van der Waals surface area (Å²) in [4.78, 5) is 8.56. The molecule has 3 nitrogen and oxygen atoms in total. The third-order valence-electron chi connectivity index (χ3n) is 3.00. The fraction of sp³-hybridized carbons (Fsp3) is 0.900. The van der Waals surface area contributed by atoms with Crippen molar-refractivity contribution in [2.45, 2.75) is 53.4 Å². The highest BCUT2D eigenvalue weighted by Crippen LogP contribution is 2.33. The van der Waals surface area contributed by atoms with E-state index < -0.39 is 6.16 Å². The van der Waals surface area contributed by atoms with Gasteiger partial charge in [-0.15, -0.1) is 0 Å². The maximum absolute atomic E-state index is 8.56. The van der Waals surface area contributed by atoms with Gasteiger partial charge in [-0.05, 0) is 5.41 Å². The van der Waals surface area contributed by atoms with Crippen LogP contribution in [0.15, 0.2) is 0 Å². The van der Waals surface area contributed by atoms with Crippen LogP contribution in [-0.4, -0.2) is 16.4 Å². The fourth-order valence-electron chi connectivity index (χ4n) is 1.50. The van der Waals surface area contributed by atoms with Crippen molar-refractivity contribution in [3.63, 3.8) is 0 Å². The Morgan fingerprint density at radius 1 is 0.923 bits per heavy atom. The first-order valence-corrected chi connectivity index (χ1v) is 4.89. The minimum absolute atomic E-state index is 0.667. The van der Waals surface area contributed by atoms with E-state index in [-0.39, 0.29) is 0 Å². The van der Waals surface area contributed by atoms with Gasteiger partial charge in [-0.25, -0.2) is 4.79 Å². The molecule has 0 amide bonds. The smallest absolute Gasteiger partial charge is 0.450 e. The molecule has 0 fully saturated rings. The Morgan fingerprint density at radius 2 is 1.08 bits per heavy atom. The van der Waals surface area contributed by atoms with Gasteiger partial charge >= 0.3 is 6.16 Å². The molecule has 0 aromatic carbocycles. The van der Waals surface area contributed by atoms with Gasteiger partial charge in [0.1, 0.15) is 0 Å². The second kappa shape index (κ2) is 7.90. The lowest BCUT2D eigenvalue weighted by Gasteiger charge is -2.28. The molecule has 0 aromatic rings. The van der Waals surface area contributed by atoms with E-state index in [1.165, 1.54) is 25.7 Å². The quantitative estimate of drug-likeness (QED) is 0.708. The van der Waals surface area contributed by atoms with E-state index in [2.05, 4.69) is 27.7 Å². The van der Waals surface area contributed by atoms with Gasteiger partial charge < -0.3 is 10.2 Å². The predicted octanol–water partition coefficient (Wildman–Crippen LogP) is 3.84. The van der Waals surface area contributed by atoms with Crippen LogP contribution in [0, 0.1) is 5.41 Å². The van der Waals surface area contributed by atoms with Gasteiger partial charge in [-0.1, -0.05) is 53.4 Å². The Hall–Kier alpha value is -0.730. The van der Waals surface area contributed by atoms with Crippen molar-refractivity contribution < 1.29 is 15.0 Å². The lowest BCUT2D eigenvalue weighted by Crippen LogP contribution is -2.15. The standard InChI is InChI=1S/C9H20.CH2O3/c1-5-9(6-2,7-3)8-4;2-1(3)4/h5-8H2,1-4H3;(H2,2,3,4). The second-order valence-corrected chi connectivity index (χ2v) is 3.20. The van der Waals surface area contributed by atoms with Crippen molar-refractivity contribution in [1.82, 2.24) is 0 Å². The van der Waals surface area contributed by atoms with Crippen LogP contribution in [0.2, 0.25) is 0 Å². The van der Waals surface area contributed by atoms with Crippen molar-refractivity contribution in [2.24, 2.45) is 5.41 Å². The van der Waals surface area contributed by atoms with Crippen molar-refractivity contribution in [3.8, 4) is 0 Å². The van der Waals surface area contributed by atoms with Gasteiger partial charge in [0.25, 0.3) is 0 Å². The monoisotopic (exact) mass is 190 g/mol. The number of carboxylic acid groups (broad SMARTS) is 2. The second-order valence-electron chi connectivity index (χ2n) is 3.20. The van der Waals surface area contributed by atoms with E-state index in [4.69, 9.17) is 15.0 Å². The summed E-state index contributed by atoms with van der Waals surface area (Å²) in [5, 5.41) is 13.9. The van der Waals surface area contributed by atoms with E-state index in [1.807, 2.05) is 0 Å². The molecule has 0 aliphatic carbocycles. The van der Waals surface area contributed by atoms with E-state index in [9.17, 15) is 0 Å². The third kappa shape index (κ3) is 7.62. The third-order valence-corrected chi connectivity index (χ3v) is 3.00. The minimum Gasteiger partial charge on any atom is -0.450 e. The van der Waals surface area contributed by atoms with Crippen LogP contribution < -0.4 is 0 Å². The highest BCUT2D eigenvalue weighted by atomic mass is 16.6. The summed E-state index contributed by atoms with van der Waals surface area (Å²) >= 11 is 0. The molecule has 0 rings (SSSR count). The Bertz CT molecular complexity index is 107. The topological polar surface area (TPSA) is 57.5 Å². The first kappa shape index (κ1) is 14.8. The minimum atomic E-state index is -1.83. The lowest BCUT2D eigenvalue weighted by molar-refractivity contribution is 0.137. The zero-order valence-corrected chi connectivity index (χ0v) is 9.13. The highest BCUT2D eigenvalue weighted by Gasteiger charge is 2.20. The van der Waals surface area contributed by atoms with Gasteiger partial charge in [-0.2, -0.15) is 0 Å². The number of hydrogen-bond acceptors (Lipinski definition) is 1. The van der Waals surface area contributed by atoms with E-state index in [0.29, 0.717) is 5.41 Å². The summed E-state index contributed by atoms with van der Waals surface area (Å²) < 4.78 is 0. The molecule has 0 radical (unpaired) electrons. The zero-order chi connectivity index (χ0) is 10.9. The van der Waals surface area contributed by atoms with Crippen LogP contribution in [-0.2, 0) is 0 Å². The number of hydrogen-bond donors (Lipinski definition) is 2. The molecule has 0 heterocycles. The van der Waals surface area contributed by atoms with Gasteiger partial charge in [-0.3, -0.25) is 0 Å². The van der Waals surface area contributed by atoms with Crippen LogP contribution in [0.4, 0.5) is 4.79 Å². The first-order valence-electron chi connectivity index (χ1n) is 4.89. The summed E-state index contributed by atoms with van der Waals surface area (Å²) in [5.74, 6) is 0. The molecule has 0 aliphatic rings. The lowest BCUT2D eigenvalue weighted by atomic mass is 9.78. The van der Waals surface area contributed by atoms with E-state index in [0.717, 1.165) is 0 Å². The summed E-state index contributed by atoms with van der Waals surface area (Å²) in [6.45, 7) is 9.21. The Morgan fingerprint density at radius 3 is 1.08 bits per heavy atom. The van der Waals surface area contributed by atoms with Gasteiger partial charge in [0.05, 0.1) is 0 Å². The molecule has 13 heavy (non-hydrogen) atoms. The molecule has 0 saturated carbocycles. The first-order chi connectivity index (χ1) is 5.97. The van der Waals surface area contributed by atoms with Crippen molar-refractivity contribution in [1.29, 1.82) is 0 Å². The van der Waals surface area contributed by atoms with E-state index >= 15 is 0 Å². The average Bonchev–Trinajstić information content (AvgIpc) is 2.09. The maximum Gasteiger partial charge on any atom is 0.503 e. The molecular weight excluding hydrogens is 168 g/mol. The molecular formula is C10H22O3. The molecule has 0 aromatic heterocycles. The fourth-order valence-corrected chi connectivity index (χ4v) is 1.50. The Balaban J connectivity index is 0. The summed E-state index contributed by atoms with van der Waals surface area (Å²) in [5.41, 5.74) is 0.667. The van der Waals surface area contributed by atoms with Crippen molar-refractivity contribution in [3.05, 3.63) is 0 Å². The molecule has 0 saturated heterocycles. The SMILES string of the molecule is CCC(CC)(CC)CC.O=C(O)O. The van der Waals surface area contributed by atoms with Gasteiger partial charge in [0.2, 0.25) is 0 Å². The summed E-state index contributed by atoms with van der Waals surface area (Å²) in [6, 6.07) is 0. The highest BCUT2D eigenvalue weighted by molar-refractivity contribution is 5.53. The molecule has 2 N–H and O–H groups in total. The molecule has 0 spiro atoms. The molecule has 3 heteroatoms.